The fourth-order valence-electron chi connectivity index (χ4n) is 1.80. The number of carbonyl (C=O) groups is 2. The van der Waals surface area contributed by atoms with E-state index in [1.54, 1.807) is 24.3 Å². The molecule has 0 aromatic heterocycles. The number of primary amides is 1. The van der Waals surface area contributed by atoms with Crippen LogP contribution in [0.5, 0.6) is 5.75 Å². The Balaban J connectivity index is 1.87. The molecule has 6 nitrogen and oxygen atoms in total. The molecule has 0 aliphatic carbocycles. The SMILES string of the molecule is NC(=O)COc1ccc(NC(=O)C2CCCO2)cc1. The Kier molecular flexibility index (Phi) is 4.35. The van der Waals surface area contributed by atoms with E-state index in [-0.39, 0.29) is 18.6 Å². The van der Waals surface area contributed by atoms with Crippen molar-refractivity contribution < 1.29 is 19.1 Å². The number of amides is 2. The van der Waals surface area contributed by atoms with Crippen LogP contribution in [0.4, 0.5) is 5.69 Å². The van der Waals surface area contributed by atoms with Gasteiger partial charge < -0.3 is 20.5 Å². The summed E-state index contributed by atoms with van der Waals surface area (Å²) < 4.78 is 10.4. The maximum Gasteiger partial charge on any atom is 0.255 e. The van der Waals surface area contributed by atoms with Crippen molar-refractivity contribution in [1.29, 1.82) is 0 Å². The molecule has 3 N–H and O–H groups in total. The number of anilines is 1. The highest BCUT2D eigenvalue weighted by Crippen LogP contribution is 2.18. The second-order valence-electron chi connectivity index (χ2n) is 4.27. The molecule has 0 spiro atoms. The molecule has 19 heavy (non-hydrogen) atoms. The highest BCUT2D eigenvalue weighted by atomic mass is 16.5. The summed E-state index contributed by atoms with van der Waals surface area (Å²) in [6, 6.07) is 6.72. The van der Waals surface area contributed by atoms with Gasteiger partial charge in [-0.05, 0) is 37.1 Å². The fraction of sp³-hybridized carbons (Fsp3) is 0.385. The van der Waals surface area contributed by atoms with Crippen molar-refractivity contribution in [1.82, 2.24) is 0 Å². The molecule has 1 unspecified atom stereocenters. The van der Waals surface area contributed by atoms with Gasteiger partial charge in [0, 0.05) is 12.3 Å². The molecule has 2 amide bonds. The maximum atomic E-state index is 11.8. The first-order valence-electron chi connectivity index (χ1n) is 6.09. The number of hydrogen-bond donors (Lipinski definition) is 2. The third-order valence-corrected chi connectivity index (χ3v) is 2.73. The molecule has 6 heteroatoms. The van der Waals surface area contributed by atoms with Crippen LogP contribution in [0.25, 0.3) is 0 Å². The first-order valence-corrected chi connectivity index (χ1v) is 6.09. The van der Waals surface area contributed by atoms with E-state index in [1.807, 2.05) is 0 Å². The normalized spacial score (nSPS) is 18.0. The van der Waals surface area contributed by atoms with Crippen LogP contribution in [0.3, 0.4) is 0 Å². The number of rotatable bonds is 5. The lowest BCUT2D eigenvalue weighted by Crippen LogP contribution is -2.26. The second kappa shape index (κ2) is 6.19. The summed E-state index contributed by atoms with van der Waals surface area (Å²) in [5.41, 5.74) is 5.63. The van der Waals surface area contributed by atoms with Crippen LogP contribution < -0.4 is 15.8 Å². The van der Waals surface area contributed by atoms with Crippen molar-refractivity contribution in [2.75, 3.05) is 18.5 Å². The number of nitrogens with two attached hydrogens (primary N) is 1. The van der Waals surface area contributed by atoms with Gasteiger partial charge in [0.05, 0.1) is 0 Å². The van der Waals surface area contributed by atoms with Crippen LogP contribution >= 0.6 is 0 Å². The summed E-state index contributed by atoms with van der Waals surface area (Å²) in [5, 5.41) is 2.76. The van der Waals surface area contributed by atoms with E-state index in [0.717, 1.165) is 12.8 Å². The van der Waals surface area contributed by atoms with E-state index in [9.17, 15) is 9.59 Å². The zero-order valence-corrected chi connectivity index (χ0v) is 10.4. The third-order valence-electron chi connectivity index (χ3n) is 2.73. The van der Waals surface area contributed by atoms with Crippen LogP contribution in [0.15, 0.2) is 24.3 Å². The molecule has 1 aliphatic heterocycles. The van der Waals surface area contributed by atoms with E-state index in [1.165, 1.54) is 0 Å². The number of carbonyl (C=O) groups excluding carboxylic acids is 2. The largest absolute Gasteiger partial charge is 0.484 e. The minimum absolute atomic E-state index is 0.136. The van der Waals surface area contributed by atoms with Crippen molar-refractivity contribution >= 4 is 17.5 Å². The number of benzene rings is 1. The lowest BCUT2D eigenvalue weighted by Gasteiger charge is -2.11. The highest BCUT2D eigenvalue weighted by Gasteiger charge is 2.23. The predicted octanol–water partition coefficient (Wildman–Crippen LogP) is 0.668. The topological polar surface area (TPSA) is 90.7 Å². The molecular formula is C13H16N2O4. The quantitative estimate of drug-likeness (QED) is 0.817. The van der Waals surface area contributed by atoms with Gasteiger partial charge >= 0.3 is 0 Å². The Hall–Kier alpha value is -2.08. The maximum absolute atomic E-state index is 11.8. The Morgan fingerprint density at radius 3 is 2.68 bits per heavy atom. The number of hydrogen-bond acceptors (Lipinski definition) is 4. The van der Waals surface area contributed by atoms with Gasteiger partial charge in [0.2, 0.25) is 0 Å². The average molecular weight is 264 g/mol. The van der Waals surface area contributed by atoms with E-state index in [2.05, 4.69) is 5.32 Å². The van der Waals surface area contributed by atoms with Crippen LogP contribution in [-0.4, -0.2) is 31.1 Å². The van der Waals surface area contributed by atoms with E-state index in [0.29, 0.717) is 18.0 Å². The van der Waals surface area contributed by atoms with Gasteiger partial charge in [-0.15, -0.1) is 0 Å². The van der Waals surface area contributed by atoms with Crippen LogP contribution in [-0.2, 0) is 14.3 Å². The summed E-state index contributed by atoms with van der Waals surface area (Å²) in [4.78, 5) is 22.3. The standard InChI is InChI=1S/C13H16N2O4/c14-12(16)8-19-10-5-3-9(4-6-10)15-13(17)11-2-1-7-18-11/h3-6,11H,1-2,7-8H2,(H2,14,16)(H,15,17). The fourth-order valence-corrected chi connectivity index (χ4v) is 1.80. The van der Waals surface area contributed by atoms with Crippen LogP contribution in [0, 0.1) is 0 Å². The molecule has 0 saturated carbocycles. The summed E-state index contributed by atoms with van der Waals surface area (Å²) in [7, 11) is 0. The van der Waals surface area contributed by atoms with Crippen molar-refractivity contribution in [2.24, 2.45) is 5.73 Å². The zero-order valence-electron chi connectivity index (χ0n) is 10.4. The Labute approximate surface area is 110 Å². The number of nitrogens with one attached hydrogen (secondary N) is 1. The zero-order chi connectivity index (χ0) is 13.7. The lowest BCUT2D eigenvalue weighted by atomic mass is 10.2. The predicted molar refractivity (Wildman–Crippen MR) is 68.7 cm³/mol. The van der Waals surface area contributed by atoms with Crippen LogP contribution in [0.1, 0.15) is 12.8 Å². The second-order valence-corrected chi connectivity index (χ2v) is 4.27. The molecule has 1 saturated heterocycles. The lowest BCUT2D eigenvalue weighted by molar-refractivity contribution is -0.124. The van der Waals surface area contributed by atoms with Crippen LogP contribution in [0.2, 0.25) is 0 Å². The van der Waals surface area contributed by atoms with Gasteiger partial charge in [-0.25, -0.2) is 0 Å². The molecule has 2 rings (SSSR count). The monoisotopic (exact) mass is 264 g/mol. The van der Waals surface area contributed by atoms with Gasteiger partial charge in [0.15, 0.2) is 6.61 Å². The summed E-state index contributed by atoms with van der Waals surface area (Å²) in [6.45, 7) is 0.472. The molecular weight excluding hydrogens is 248 g/mol. The van der Waals surface area contributed by atoms with Crippen molar-refractivity contribution in [3.05, 3.63) is 24.3 Å². The summed E-state index contributed by atoms with van der Waals surface area (Å²) in [6.07, 6.45) is 1.31. The average Bonchev–Trinajstić information content (AvgIpc) is 2.92. The van der Waals surface area contributed by atoms with E-state index in [4.69, 9.17) is 15.2 Å². The number of ether oxygens (including phenoxy) is 2. The molecule has 1 aliphatic rings. The molecule has 0 bridgehead atoms. The smallest absolute Gasteiger partial charge is 0.255 e. The van der Waals surface area contributed by atoms with Crippen molar-refractivity contribution in [2.45, 2.75) is 18.9 Å². The molecule has 1 aromatic carbocycles. The molecule has 1 heterocycles. The van der Waals surface area contributed by atoms with Crippen molar-refractivity contribution in [3.63, 3.8) is 0 Å². The summed E-state index contributed by atoms with van der Waals surface area (Å²) in [5.74, 6) is -0.145. The third kappa shape index (κ3) is 3.96. The Bertz CT molecular complexity index is 452. The molecule has 102 valence electrons. The van der Waals surface area contributed by atoms with Gasteiger partial charge in [-0.2, -0.15) is 0 Å². The Morgan fingerprint density at radius 2 is 2.11 bits per heavy atom. The Morgan fingerprint density at radius 1 is 1.37 bits per heavy atom. The minimum atomic E-state index is -0.532. The highest BCUT2D eigenvalue weighted by molar-refractivity contribution is 5.94. The van der Waals surface area contributed by atoms with Gasteiger partial charge in [-0.1, -0.05) is 0 Å². The van der Waals surface area contributed by atoms with E-state index >= 15 is 0 Å². The van der Waals surface area contributed by atoms with Crippen molar-refractivity contribution in [3.8, 4) is 5.75 Å². The van der Waals surface area contributed by atoms with E-state index < -0.39 is 5.91 Å². The van der Waals surface area contributed by atoms with Gasteiger partial charge in [0.25, 0.3) is 11.8 Å². The first-order chi connectivity index (χ1) is 9.15. The van der Waals surface area contributed by atoms with Gasteiger partial charge in [0.1, 0.15) is 11.9 Å². The van der Waals surface area contributed by atoms with Gasteiger partial charge in [-0.3, -0.25) is 9.59 Å². The molecule has 0 radical (unpaired) electrons. The minimum Gasteiger partial charge on any atom is -0.484 e. The summed E-state index contributed by atoms with van der Waals surface area (Å²) >= 11 is 0. The first kappa shape index (κ1) is 13.4. The molecule has 1 atom stereocenters. The molecule has 1 aromatic rings. The molecule has 1 fully saturated rings.